The highest BCUT2D eigenvalue weighted by Crippen LogP contribution is 2.13. The van der Waals surface area contributed by atoms with E-state index in [-0.39, 0.29) is 16.2 Å². The Bertz CT molecular complexity index is 217. The fraction of sp³-hybridized carbons (Fsp3) is 0.900. The lowest BCUT2D eigenvalue weighted by atomic mass is 10.1. The van der Waals surface area contributed by atoms with E-state index in [1.807, 2.05) is 20.8 Å². The molecule has 1 amide bonds. The summed E-state index contributed by atoms with van der Waals surface area (Å²) in [5, 5.41) is 2.80. The van der Waals surface area contributed by atoms with Gasteiger partial charge in [0, 0.05) is 18.2 Å². The third kappa shape index (κ3) is 7.64. The molecule has 0 aliphatic rings. The summed E-state index contributed by atoms with van der Waals surface area (Å²) in [6.07, 6.45) is 0. The smallest absolute Gasteiger partial charge is 0.217 e. The zero-order chi connectivity index (χ0) is 12.1. The van der Waals surface area contributed by atoms with Gasteiger partial charge in [-0.3, -0.25) is 4.79 Å². The Labute approximate surface area is 97.3 Å². The highest BCUT2D eigenvalue weighted by atomic mass is 32.1. The van der Waals surface area contributed by atoms with Crippen molar-refractivity contribution in [3.05, 3.63) is 0 Å². The number of carbonyl (C=O) groups excluding carboxylic acids is 1. The number of nitrogens with two attached hydrogens (primary N) is 1. The molecule has 1 atom stereocenters. The Hall–Kier alpha value is -0.260. The van der Waals surface area contributed by atoms with Crippen molar-refractivity contribution in [2.75, 3.05) is 19.8 Å². The van der Waals surface area contributed by atoms with Crippen LogP contribution in [0.3, 0.4) is 0 Å². The van der Waals surface area contributed by atoms with Crippen LogP contribution >= 0.6 is 12.6 Å². The van der Waals surface area contributed by atoms with Gasteiger partial charge in [0.05, 0.1) is 18.8 Å². The van der Waals surface area contributed by atoms with Crippen molar-refractivity contribution in [2.24, 2.45) is 5.73 Å². The van der Waals surface area contributed by atoms with E-state index in [9.17, 15) is 4.79 Å². The lowest BCUT2D eigenvalue weighted by molar-refractivity contribution is -0.121. The summed E-state index contributed by atoms with van der Waals surface area (Å²) in [6, 6.07) is 0. The van der Waals surface area contributed by atoms with Crippen LogP contribution in [0.4, 0.5) is 0 Å². The summed E-state index contributed by atoms with van der Waals surface area (Å²) in [5.74, 6) is -0.0592. The molecule has 1 unspecified atom stereocenters. The van der Waals surface area contributed by atoms with Crippen molar-refractivity contribution < 1.29 is 9.53 Å². The van der Waals surface area contributed by atoms with Gasteiger partial charge in [-0.15, -0.1) is 0 Å². The molecule has 0 aliphatic heterocycles. The molecule has 5 heteroatoms. The van der Waals surface area contributed by atoms with E-state index in [0.29, 0.717) is 19.8 Å². The summed E-state index contributed by atoms with van der Waals surface area (Å²) in [7, 11) is 0. The van der Waals surface area contributed by atoms with Crippen LogP contribution in [0.25, 0.3) is 0 Å². The number of ether oxygens (including phenoxy) is 1. The summed E-state index contributed by atoms with van der Waals surface area (Å²) in [5.41, 5.74) is 5.15. The molecule has 0 spiro atoms. The number of thiol groups is 1. The quantitative estimate of drug-likeness (QED) is 0.589. The van der Waals surface area contributed by atoms with Gasteiger partial charge in [0.25, 0.3) is 0 Å². The van der Waals surface area contributed by atoms with Gasteiger partial charge in [0.15, 0.2) is 0 Å². The predicted molar refractivity (Wildman–Crippen MR) is 65.2 cm³/mol. The van der Waals surface area contributed by atoms with Gasteiger partial charge in [-0.2, -0.15) is 12.6 Å². The SMILES string of the molecule is CC(=O)NC(C)(C)COCC(C)(S)CN. The molecule has 90 valence electrons. The number of amides is 1. The standard InChI is InChI=1S/C10H22N2O2S/c1-8(13)12-9(2,3)6-14-7-10(4,15)5-11/h15H,5-7,11H2,1-4H3,(H,12,13). The van der Waals surface area contributed by atoms with Gasteiger partial charge in [0.2, 0.25) is 5.91 Å². The zero-order valence-electron chi connectivity index (χ0n) is 9.96. The van der Waals surface area contributed by atoms with Crippen molar-refractivity contribution in [3.8, 4) is 0 Å². The number of carbonyl (C=O) groups is 1. The molecule has 0 radical (unpaired) electrons. The highest BCUT2D eigenvalue weighted by Gasteiger charge is 2.22. The van der Waals surface area contributed by atoms with E-state index in [4.69, 9.17) is 10.5 Å². The highest BCUT2D eigenvalue weighted by molar-refractivity contribution is 7.81. The molecule has 0 aliphatic carbocycles. The monoisotopic (exact) mass is 234 g/mol. The normalized spacial score (nSPS) is 15.9. The maximum absolute atomic E-state index is 10.9. The van der Waals surface area contributed by atoms with Gasteiger partial charge in [-0.05, 0) is 20.8 Å². The van der Waals surface area contributed by atoms with Crippen molar-refractivity contribution >= 4 is 18.5 Å². The van der Waals surface area contributed by atoms with E-state index in [1.54, 1.807) is 0 Å². The molecule has 4 nitrogen and oxygen atoms in total. The van der Waals surface area contributed by atoms with Gasteiger partial charge in [-0.25, -0.2) is 0 Å². The number of rotatable bonds is 6. The molecule has 0 saturated heterocycles. The third-order valence-electron chi connectivity index (χ3n) is 1.83. The average molecular weight is 234 g/mol. The summed E-state index contributed by atoms with van der Waals surface area (Å²) >= 11 is 4.35. The van der Waals surface area contributed by atoms with Gasteiger partial charge in [-0.1, -0.05) is 0 Å². The van der Waals surface area contributed by atoms with Gasteiger partial charge < -0.3 is 15.8 Å². The summed E-state index contributed by atoms with van der Waals surface area (Å²) in [4.78, 5) is 10.9. The van der Waals surface area contributed by atoms with Crippen LogP contribution in [0.1, 0.15) is 27.7 Å². The largest absolute Gasteiger partial charge is 0.378 e. The topological polar surface area (TPSA) is 64.3 Å². The average Bonchev–Trinajstić information content (AvgIpc) is 2.00. The fourth-order valence-electron chi connectivity index (χ4n) is 1.10. The molecular formula is C10H22N2O2S. The Kier molecular flexibility index (Phi) is 5.62. The molecule has 0 aromatic rings. The molecule has 0 fully saturated rings. The van der Waals surface area contributed by atoms with E-state index >= 15 is 0 Å². The first-order valence-corrected chi connectivity index (χ1v) is 5.42. The second-order valence-electron chi connectivity index (χ2n) is 4.76. The maximum atomic E-state index is 10.9. The van der Waals surface area contributed by atoms with Gasteiger partial charge in [0.1, 0.15) is 0 Å². The van der Waals surface area contributed by atoms with Crippen LogP contribution in [-0.4, -0.2) is 36.0 Å². The lowest BCUT2D eigenvalue weighted by Crippen LogP contribution is -2.47. The molecule has 15 heavy (non-hydrogen) atoms. The summed E-state index contributed by atoms with van der Waals surface area (Å²) < 4.78 is 5.17. The van der Waals surface area contributed by atoms with E-state index < -0.39 is 0 Å². The summed E-state index contributed by atoms with van der Waals surface area (Å²) in [6.45, 7) is 8.60. The second-order valence-corrected chi connectivity index (χ2v) is 5.84. The minimum Gasteiger partial charge on any atom is -0.378 e. The van der Waals surface area contributed by atoms with Gasteiger partial charge >= 0.3 is 0 Å². The molecule has 0 heterocycles. The fourth-order valence-corrected chi connectivity index (χ4v) is 1.19. The van der Waals surface area contributed by atoms with E-state index in [0.717, 1.165) is 0 Å². The first kappa shape index (κ1) is 14.7. The zero-order valence-corrected chi connectivity index (χ0v) is 10.9. The van der Waals surface area contributed by atoms with E-state index in [2.05, 4.69) is 17.9 Å². The van der Waals surface area contributed by atoms with Crippen LogP contribution in [0.2, 0.25) is 0 Å². The van der Waals surface area contributed by atoms with Crippen LogP contribution in [0.15, 0.2) is 0 Å². The molecule has 0 saturated carbocycles. The van der Waals surface area contributed by atoms with E-state index in [1.165, 1.54) is 6.92 Å². The molecule has 0 aromatic carbocycles. The van der Waals surface area contributed by atoms with Crippen LogP contribution < -0.4 is 11.1 Å². The lowest BCUT2D eigenvalue weighted by Gasteiger charge is -2.28. The minimum absolute atomic E-state index is 0.0592. The first-order chi connectivity index (χ1) is 6.68. The van der Waals surface area contributed by atoms with Crippen LogP contribution in [0, 0.1) is 0 Å². The molecular weight excluding hydrogens is 212 g/mol. The van der Waals surface area contributed by atoms with Crippen molar-refractivity contribution in [1.29, 1.82) is 0 Å². The molecule has 0 aromatic heterocycles. The number of hydrogen-bond donors (Lipinski definition) is 3. The number of hydrogen-bond acceptors (Lipinski definition) is 4. The molecule has 0 bridgehead atoms. The molecule has 3 N–H and O–H groups in total. The molecule has 0 rings (SSSR count). The Balaban J connectivity index is 3.89. The van der Waals surface area contributed by atoms with Crippen LogP contribution in [0.5, 0.6) is 0 Å². The van der Waals surface area contributed by atoms with Crippen molar-refractivity contribution in [1.82, 2.24) is 5.32 Å². The Morgan fingerprint density at radius 1 is 1.40 bits per heavy atom. The van der Waals surface area contributed by atoms with Crippen LogP contribution in [-0.2, 0) is 9.53 Å². The first-order valence-electron chi connectivity index (χ1n) is 4.97. The second kappa shape index (κ2) is 5.72. The number of nitrogens with one attached hydrogen (secondary N) is 1. The van der Waals surface area contributed by atoms with Crippen molar-refractivity contribution in [3.63, 3.8) is 0 Å². The predicted octanol–water partition coefficient (Wildman–Crippen LogP) is 0.565. The Morgan fingerprint density at radius 2 is 1.93 bits per heavy atom. The van der Waals surface area contributed by atoms with Crippen molar-refractivity contribution in [2.45, 2.75) is 38.0 Å². The maximum Gasteiger partial charge on any atom is 0.217 e. The minimum atomic E-state index is -0.357. The Morgan fingerprint density at radius 3 is 2.33 bits per heavy atom. The third-order valence-corrected chi connectivity index (χ3v) is 2.14.